The van der Waals surface area contributed by atoms with Crippen LogP contribution in [0.2, 0.25) is 0 Å². The highest BCUT2D eigenvalue weighted by Crippen LogP contribution is 2.27. The molecule has 0 aliphatic heterocycles. The SMILES string of the molecule is CN(C)CCN(Cc1ccccc1)C(=O)Nc1ccc2oc(C(C)(C)C)nc2c1. The molecule has 0 aliphatic rings. The van der Waals surface area contributed by atoms with E-state index in [4.69, 9.17) is 4.42 Å². The summed E-state index contributed by atoms with van der Waals surface area (Å²) in [6.45, 7) is 8.17. The van der Waals surface area contributed by atoms with Crippen molar-refractivity contribution in [1.82, 2.24) is 14.8 Å². The van der Waals surface area contributed by atoms with Crippen LogP contribution in [-0.2, 0) is 12.0 Å². The van der Waals surface area contributed by atoms with Crippen molar-refractivity contribution in [2.24, 2.45) is 0 Å². The number of anilines is 1. The molecule has 0 spiro atoms. The molecule has 2 amide bonds. The first-order chi connectivity index (χ1) is 13.7. The fraction of sp³-hybridized carbons (Fsp3) is 0.391. The van der Waals surface area contributed by atoms with E-state index in [0.29, 0.717) is 24.7 Å². The number of benzene rings is 2. The van der Waals surface area contributed by atoms with E-state index in [1.807, 2.05) is 67.5 Å². The van der Waals surface area contributed by atoms with Crippen molar-refractivity contribution in [1.29, 1.82) is 0 Å². The Morgan fingerprint density at radius 2 is 1.79 bits per heavy atom. The van der Waals surface area contributed by atoms with Gasteiger partial charge in [-0.25, -0.2) is 9.78 Å². The highest BCUT2D eigenvalue weighted by Gasteiger charge is 2.21. The van der Waals surface area contributed by atoms with E-state index in [1.165, 1.54) is 0 Å². The molecule has 0 fully saturated rings. The van der Waals surface area contributed by atoms with Crippen molar-refractivity contribution < 1.29 is 9.21 Å². The normalized spacial score (nSPS) is 11.8. The van der Waals surface area contributed by atoms with Crippen LogP contribution in [-0.4, -0.2) is 48.0 Å². The van der Waals surface area contributed by atoms with Crippen LogP contribution in [0.4, 0.5) is 10.5 Å². The summed E-state index contributed by atoms with van der Waals surface area (Å²) in [5.41, 5.74) is 3.11. The van der Waals surface area contributed by atoms with Crippen LogP contribution in [0.25, 0.3) is 11.1 Å². The highest BCUT2D eigenvalue weighted by atomic mass is 16.3. The van der Waals surface area contributed by atoms with Crippen molar-refractivity contribution in [3.05, 3.63) is 60.0 Å². The molecule has 0 aliphatic carbocycles. The molecule has 0 bridgehead atoms. The van der Waals surface area contributed by atoms with Crippen molar-refractivity contribution in [3.63, 3.8) is 0 Å². The Kier molecular flexibility index (Phi) is 6.23. The van der Waals surface area contributed by atoms with E-state index in [0.717, 1.165) is 23.2 Å². The number of fused-ring (bicyclic) bond motifs is 1. The zero-order valence-electron chi connectivity index (χ0n) is 17.9. The minimum Gasteiger partial charge on any atom is -0.440 e. The first-order valence-electron chi connectivity index (χ1n) is 9.88. The molecule has 1 aromatic heterocycles. The predicted molar refractivity (Wildman–Crippen MR) is 117 cm³/mol. The second-order valence-electron chi connectivity index (χ2n) is 8.59. The molecule has 0 radical (unpaired) electrons. The molecular weight excluding hydrogens is 364 g/mol. The smallest absolute Gasteiger partial charge is 0.322 e. The predicted octanol–water partition coefficient (Wildman–Crippen LogP) is 4.72. The number of likely N-dealkylation sites (N-methyl/N-ethyl adjacent to an activating group) is 1. The molecule has 3 aromatic rings. The van der Waals surface area contributed by atoms with Crippen LogP contribution in [0.1, 0.15) is 32.2 Å². The number of carbonyl (C=O) groups is 1. The van der Waals surface area contributed by atoms with E-state index in [-0.39, 0.29) is 11.4 Å². The quantitative estimate of drug-likeness (QED) is 0.657. The van der Waals surface area contributed by atoms with Gasteiger partial charge in [0.15, 0.2) is 5.58 Å². The van der Waals surface area contributed by atoms with Gasteiger partial charge in [0.2, 0.25) is 5.89 Å². The number of nitrogens with zero attached hydrogens (tertiary/aromatic N) is 3. The standard InChI is InChI=1S/C23H30N4O2/c1-23(2,3)21-25-19-15-18(11-12-20(19)29-21)24-22(28)27(14-13-26(4)5)16-17-9-7-6-8-10-17/h6-12,15H,13-14,16H2,1-5H3,(H,24,28). The fourth-order valence-corrected chi connectivity index (χ4v) is 2.91. The van der Waals surface area contributed by atoms with Crippen molar-refractivity contribution >= 4 is 22.8 Å². The third kappa shape index (κ3) is 5.57. The number of amides is 2. The maximum atomic E-state index is 13.0. The minimum atomic E-state index is -0.166. The first-order valence-corrected chi connectivity index (χ1v) is 9.88. The molecule has 0 saturated carbocycles. The number of urea groups is 1. The van der Waals surface area contributed by atoms with Crippen LogP contribution in [0.3, 0.4) is 0 Å². The lowest BCUT2D eigenvalue weighted by Gasteiger charge is -2.25. The lowest BCUT2D eigenvalue weighted by Crippen LogP contribution is -2.39. The first kappa shape index (κ1) is 20.9. The van der Waals surface area contributed by atoms with Gasteiger partial charge in [0.25, 0.3) is 0 Å². The van der Waals surface area contributed by atoms with Crippen molar-refractivity contribution in [2.45, 2.75) is 32.7 Å². The Bertz CT molecular complexity index is 958. The molecule has 1 heterocycles. The van der Waals surface area contributed by atoms with Crippen LogP contribution in [0.5, 0.6) is 0 Å². The summed E-state index contributed by atoms with van der Waals surface area (Å²) < 4.78 is 5.84. The third-order valence-corrected chi connectivity index (χ3v) is 4.60. The molecule has 29 heavy (non-hydrogen) atoms. The van der Waals surface area contributed by atoms with Crippen molar-refractivity contribution in [2.75, 3.05) is 32.5 Å². The van der Waals surface area contributed by atoms with Crippen LogP contribution in [0, 0.1) is 0 Å². The van der Waals surface area contributed by atoms with E-state index in [1.54, 1.807) is 0 Å². The van der Waals surface area contributed by atoms with Gasteiger partial charge in [-0.05, 0) is 37.9 Å². The summed E-state index contributed by atoms with van der Waals surface area (Å²) in [6, 6.07) is 15.5. The summed E-state index contributed by atoms with van der Waals surface area (Å²) in [6.07, 6.45) is 0. The largest absolute Gasteiger partial charge is 0.440 e. The fourth-order valence-electron chi connectivity index (χ4n) is 2.91. The molecule has 0 unspecified atom stereocenters. The number of oxazole rings is 1. The van der Waals surface area contributed by atoms with Crippen LogP contribution >= 0.6 is 0 Å². The lowest BCUT2D eigenvalue weighted by atomic mass is 9.97. The van der Waals surface area contributed by atoms with E-state index >= 15 is 0 Å². The second-order valence-corrected chi connectivity index (χ2v) is 8.59. The Balaban J connectivity index is 1.77. The molecular formula is C23H30N4O2. The van der Waals surface area contributed by atoms with Gasteiger partial charge in [-0.1, -0.05) is 51.1 Å². The monoisotopic (exact) mass is 394 g/mol. The van der Waals surface area contributed by atoms with Gasteiger partial charge in [-0.2, -0.15) is 0 Å². The summed E-state index contributed by atoms with van der Waals surface area (Å²) in [5, 5.41) is 3.01. The van der Waals surface area contributed by atoms with Gasteiger partial charge in [0.05, 0.1) is 0 Å². The molecule has 3 rings (SSSR count). The van der Waals surface area contributed by atoms with Crippen molar-refractivity contribution in [3.8, 4) is 0 Å². The van der Waals surface area contributed by atoms with E-state index < -0.39 is 0 Å². The van der Waals surface area contributed by atoms with Crippen LogP contribution in [0.15, 0.2) is 52.9 Å². The number of rotatable bonds is 6. The van der Waals surface area contributed by atoms with Gasteiger partial charge < -0.3 is 19.5 Å². The van der Waals surface area contributed by atoms with Gasteiger partial charge >= 0.3 is 6.03 Å². The van der Waals surface area contributed by atoms with Gasteiger partial charge in [-0.3, -0.25) is 0 Å². The summed E-state index contributed by atoms with van der Waals surface area (Å²) >= 11 is 0. The maximum absolute atomic E-state index is 13.0. The Morgan fingerprint density at radius 1 is 1.07 bits per heavy atom. The molecule has 6 heteroatoms. The Labute approximate surface area is 172 Å². The second kappa shape index (κ2) is 8.66. The third-order valence-electron chi connectivity index (χ3n) is 4.60. The molecule has 6 nitrogen and oxygen atoms in total. The Morgan fingerprint density at radius 3 is 2.45 bits per heavy atom. The molecule has 1 N–H and O–H groups in total. The minimum absolute atomic E-state index is 0.130. The molecule has 2 aromatic carbocycles. The summed E-state index contributed by atoms with van der Waals surface area (Å²) in [4.78, 5) is 21.5. The zero-order chi connectivity index (χ0) is 21.0. The molecule has 0 saturated heterocycles. The van der Waals surface area contributed by atoms with Gasteiger partial charge in [0, 0.05) is 30.7 Å². The number of carbonyl (C=O) groups excluding carboxylic acids is 1. The summed E-state index contributed by atoms with van der Waals surface area (Å²) in [5.74, 6) is 0.688. The molecule has 0 atom stereocenters. The number of hydrogen-bond donors (Lipinski definition) is 1. The average molecular weight is 395 g/mol. The Hall–Kier alpha value is -2.86. The average Bonchev–Trinajstić information content (AvgIpc) is 3.09. The van der Waals surface area contributed by atoms with E-state index in [2.05, 4.69) is 36.0 Å². The number of hydrogen-bond acceptors (Lipinski definition) is 4. The number of aromatic nitrogens is 1. The number of nitrogens with one attached hydrogen (secondary N) is 1. The lowest BCUT2D eigenvalue weighted by molar-refractivity contribution is 0.202. The highest BCUT2D eigenvalue weighted by molar-refractivity contribution is 5.91. The topological polar surface area (TPSA) is 61.6 Å². The zero-order valence-corrected chi connectivity index (χ0v) is 17.9. The van der Waals surface area contributed by atoms with E-state index in [9.17, 15) is 4.79 Å². The van der Waals surface area contributed by atoms with Crippen LogP contribution < -0.4 is 5.32 Å². The maximum Gasteiger partial charge on any atom is 0.322 e. The molecule has 154 valence electrons. The van der Waals surface area contributed by atoms with Gasteiger partial charge in [0.1, 0.15) is 5.52 Å². The van der Waals surface area contributed by atoms with Gasteiger partial charge in [-0.15, -0.1) is 0 Å². The summed E-state index contributed by atoms with van der Waals surface area (Å²) in [7, 11) is 4.01.